The van der Waals surface area contributed by atoms with Gasteiger partial charge in [-0.15, -0.1) is 0 Å². The predicted molar refractivity (Wildman–Crippen MR) is 466 cm³/mol. The molecule has 0 amide bonds. The topological polar surface area (TPSA) is 25.3 Å². The van der Waals surface area contributed by atoms with Gasteiger partial charge in [0, 0.05) is 23.1 Å². The summed E-state index contributed by atoms with van der Waals surface area (Å²) >= 11 is 2.05. The summed E-state index contributed by atoms with van der Waals surface area (Å²) in [5.74, 6) is 7.25. The quantitative estimate of drug-likeness (QED) is 0.0273. The Balaban J connectivity index is 0.000000710. The number of aryl methyl sites for hydroxylation is 2. The van der Waals surface area contributed by atoms with E-state index in [4.69, 9.17) is 0 Å². The Kier molecular flexibility index (Phi) is 73.9. The molecular formula is C101H180N2Ni. The molecule has 2 aromatic rings. The van der Waals surface area contributed by atoms with E-state index < -0.39 is 0 Å². The molecule has 1 aliphatic heterocycles. The van der Waals surface area contributed by atoms with Crippen molar-refractivity contribution in [3.63, 3.8) is 0 Å². The third kappa shape index (κ3) is 58.5. The van der Waals surface area contributed by atoms with Crippen molar-refractivity contribution in [2.75, 3.05) is 0 Å². The van der Waals surface area contributed by atoms with E-state index in [1.807, 2.05) is 0 Å². The van der Waals surface area contributed by atoms with Crippen LogP contribution in [0.1, 0.15) is 533 Å². The Labute approximate surface area is 659 Å². The molecule has 0 bridgehead atoms. The first kappa shape index (κ1) is 97.7. The Hall–Kier alpha value is -2.43. The van der Waals surface area contributed by atoms with E-state index in [2.05, 4.69) is 116 Å². The second kappa shape index (κ2) is 78.7. The smallest absolute Gasteiger partial charge is 0.0654 e. The number of hydrogen-bond acceptors (Lipinski definition) is 0. The van der Waals surface area contributed by atoms with Crippen LogP contribution < -0.4 is 0 Å². The number of hydrogen-bond donors (Lipinski definition) is 0. The Bertz CT molecular complexity index is 2220. The molecule has 1 heterocycles. The van der Waals surface area contributed by atoms with Gasteiger partial charge in [-0.05, 0) is 80.3 Å². The van der Waals surface area contributed by atoms with E-state index in [9.17, 15) is 5.53 Å². The molecule has 3 heteroatoms. The number of allylic oxidation sites excluding steroid dienone is 2. The molecule has 0 saturated carbocycles. The standard InChI is InChI=1S/C47H70N2.2C27H55.Ni/c1-5-9-13-14-15-16-17-18-19-20-21-22-23-24-27-37-45-44(36-12-8-4)46(42-34-28-32-40(38-42)30-25-10-6-2)49(48)47(45)43-35-29-33-41(39-43)31-26-11-7-3;2*1-3-5-7-9-11-13-15-17-19-21-23-25-27-26-24-22-20-18-16-14-12-10-8-6-4-2;/h28-29,32-35,38-39H,5-26,30-31,36H2,1-4H3;2*1,3-27H2,2H3;. The predicted octanol–water partition coefficient (Wildman–Crippen LogP) is 36.4. The maximum atomic E-state index is 12.1. The van der Waals surface area contributed by atoms with E-state index in [-0.39, 0.29) is 0 Å². The minimum Gasteiger partial charge on any atom is -0.0654 e. The van der Waals surface area contributed by atoms with Gasteiger partial charge in [0.15, 0.2) is 0 Å². The SMILES string of the molecule is CCCCCCCCCCCCCCCC#CC1=C(c2cccc(CCCCC)c2)[N+](=[N-])C(c2cccc(CCCCC)c2)=C1CCCC.CCCCCCCCCCCCCCCCCCCCCCCCCC[CH2][Ni][CH2]CCCCCCCCCCCCCCCCCCCCCCCCCC. The van der Waals surface area contributed by atoms with Gasteiger partial charge in [0.05, 0.1) is 0 Å². The van der Waals surface area contributed by atoms with Crippen molar-refractivity contribution in [3.05, 3.63) is 87.5 Å². The van der Waals surface area contributed by atoms with Crippen LogP contribution in [0.5, 0.6) is 0 Å². The van der Waals surface area contributed by atoms with Crippen LogP contribution in [0, 0.1) is 11.8 Å². The van der Waals surface area contributed by atoms with Gasteiger partial charge in [0.1, 0.15) is 5.57 Å². The van der Waals surface area contributed by atoms with E-state index in [1.54, 1.807) is 0 Å². The fourth-order valence-electron chi connectivity index (χ4n) is 15.9. The first-order valence-electron chi connectivity index (χ1n) is 47.6. The second-order valence-electron chi connectivity index (χ2n) is 33.0. The fourth-order valence-corrected chi connectivity index (χ4v) is 17.1. The molecule has 0 fully saturated rings. The summed E-state index contributed by atoms with van der Waals surface area (Å²) in [5.41, 5.74) is 21.0. The van der Waals surface area contributed by atoms with Crippen LogP contribution in [-0.4, -0.2) is 4.70 Å². The molecule has 2 aromatic carbocycles. The van der Waals surface area contributed by atoms with Gasteiger partial charge in [0.25, 0.3) is 0 Å². The monoisotopic (exact) mass is 1480 g/mol. The van der Waals surface area contributed by atoms with E-state index in [0.717, 1.165) is 73.0 Å². The van der Waals surface area contributed by atoms with Gasteiger partial charge in [-0.25, -0.2) is 4.70 Å². The van der Waals surface area contributed by atoms with Gasteiger partial charge < -0.3 is 5.53 Å². The van der Waals surface area contributed by atoms with Gasteiger partial charge in [-0.1, -0.05) is 367 Å². The molecule has 604 valence electrons. The molecule has 0 saturated heterocycles. The summed E-state index contributed by atoms with van der Waals surface area (Å²) < 4.78 is 1.50. The van der Waals surface area contributed by atoms with Crippen molar-refractivity contribution in [2.24, 2.45) is 0 Å². The molecule has 104 heavy (non-hydrogen) atoms. The van der Waals surface area contributed by atoms with Crippen LogP contribution in [0.3, 0.4) is 0 Å². The van der Waals surface area contributed by atoms with Crippen molar-refractivity contribution < 1.29 is 19.1 Å². The van der Waals surface area contributed by atoms with Crippen molar-refractivity contribution >= 4 is 11.4 Å². The minimum atomic E-state index is 0.868. The summed E-state index contributed by atoms with van der Waals surface area (Å²) in [6.45, 7) is 13.7. The van der Waals surface area contributed by atoms with Crippen molar-refractivity contribution in [3.8, 4) is 11.8 Å². The molecule has 0 aliphatic carbocycles. The van der Waals surface area contributed by atoms with Crippen LogP contribution in [0.25, 0.3) is 16.9 Å². The molecule has 2 nitrogen and oxygen atoms in total. The molecule has 0 aromatic heterocycles. The average molecular weight is 1480 g/mol. The summed E-state index contributed by atoms with van der Waals surface area (Å²) in [6, 6.07) is 17.8. The van der Waals surface area contributed by atoms with Gasteiger partial charge in [-0.2, -0.15) is 0 Å². The first-order chi connectivity index (χ1) is 51.6. The summed E-state index contributed by atoms with van der Waals surface area (Å²) in [7, 11) is 0. The fraction of sp³-hybridized carbons (Fsp3) is 0.822. The maximum absolute atomic E-state index is 12.1. The zero-order valence-corrected chi connectivity index (χ0v) is 72.3. The summed E-state index contributed by atoms with van der Waals surface area (Å²) in [5, 5.41) is 2.87. The number of unbranched alkanes of at least 4 members (excludes halogenated alkanes) is 66. The van der Waals surface area contributed by atoms with Gasteiger partial charge in [0.2, 0.25) is 11.4 Å². The van der Waals surface area contributed by atoms with Crippen molar-refractivity contribution in [1.82, 2.24) is 0 Å². The van der Waals surface area contributed by atoms with Crippen molar-refractivity contribution in [1.29, 1.82) is 0 Å². The molecule has 0 N–H and O–H groups in total. The minimum absolute atomic E-state index is 0.868. The van der Waals surface area contributed by atoms with Crippen LogP contribution >= 0.6 is 0 Å². The average Bonchev–Trinajstić information content (AvgIpc) is 1.61. The zero-order valence-electron chi connectivity index (χ0n) is 71.3. The van der Waals surface area contributed by atoms with Gasteiger partial charge >= 0.3 is 166 Å². The van der Waals surface area contributed by atoms with Crippen LogP contribution in [0.15, 0.2) is 59.7 Å². The van der Waals surface area contributed by atoms with Crippen LogP contribution in [0.4, 0.5) is 0 Å². The van der Waals surface area contributed by atoms with E-state index in [0.29, 0.717) is 0 Å². The number of rotatable bonds is 78. The number of nitrogens with zero attached hydrogens (tertiary/aromatic N) is 2. The first-order valence-corrected chi connectivity index (χ1v) is 49.0. The molecule has 0 spiro atoms. The Morgan fingerprint density at radius 1 is 0.260 bits per heavy atom. The number of benzene rings is 2. The third-order valence-corrected chi connectivity index (χ3v) is 24.2. The third-order valence-electron chi connectivity index (χ3n) is 22.8. The normalized spacial score (nSPS) is 12.3. The second-order valence-corrected chi connectivity index (χ2v) is 34.5. The molecule has 0 radical (unpaired) electrons. The Morgan fingerprint density at radius 2 is 0.500 bits per heavy atom. The summed E-state index contributed by atoms with van der Waals surface area (Å²) in [6.07, 6.45) is 105. The molecular weight excluding hydrogens is 1300 g/mol. The molecule has 0 atom stereocenters. The Morgan fingerprint density at radius 3 is 0.779 bits per heavy atom. The molecule has 1 aliphatic rings. The van der Waals surface area contributed by atoms with Gasteiger partial charge in [-0.3, -0.25) is 0 Å². The van der Waals surface area contributed by atoms with E-state index in [1.165, 1.54) is 469 Å². The summed E-state index contributed by atoms with van der Waals surface area (Å²) in [4.78, 5) is 0. The van der Waals surface area contributed by atoms with Crippen LogP contribution in [-0.2, 0) is 27.3 Å². The van der Waals surface area contributed by atoms with Crippen molar-refractivity contribution in [2.45, 2.75) is 534 Å². The zero-order chi connectivity index (χ0) is 74.4. The molecule has 3 rings (SSSR count). The van der Waals surface area contributed by atoms with Crippen LogP contribution in [0.2, 0.25) is 10.8 Å². The molecule has 0 unspecified atom stereocenters. The van der Waals surface area contributed by atoms with E-state index >= 15 is 0 Å².